The summed E-state index contributed by atoms with van der Waals surface area (Å²) in [7, 11) is 0. The molecule has 2 heterocycles. The van der Waals surface area contributed by atoms with Gasteiger partial charge in [0.05, 0.1) is 12.1 Å². The van der Waals surface area contributed by atoms with Crippen LogP contribution < -0.4 is 4.90 Å². The zero-order valence-electron chi connectivity index (χ0n) is 18.1. The fourth-order valence-corrected chi connectivity index (χ4v) is 4.32. The molecule has 1 atom stereocenters. The van der Waals surface area contributed by atoms with Crippen LogP contribution in [0.15, 0.2) is 42.5 Å². The zero-order chi connectivity index (χ0) is 21.3. The summed E-state index contributed by atoms with van der Waals surface area (Å²) in [6.07, 6.45) is 0. The Hall–Kier alpha value is -2.44. The molecule has 6 nitrogen and oxygen atoms in total. The first-order valence-corrected chi connectivity index (χ1v) is 10.9. The highest BCUT2D eigenvalue weighted by atomic mass is 35.5. The van der Waals surface area contributed by atoms with Crippen LogP contribution in [0, 0.1) is 13.8 Å². The Morgan fingerprint density at radius 3 is 2.30 bits per heavy atom. The highest BCUT2D eigenvalue weighted by Crippen LogP contribution is 2.31. The highest BCUT2D eigenvalue weighted by molar-refractivity contribution is 6.30. The van der Waals surface area contributed by atoms with Crippen LogP contribution >= 0.6 is 11.6 Å². The van der Waals surface area contributed by atoms with E-state index in [-0.39, 0.29) is 12.1 Å². The van der Waals surface area contributed by atoms with Crippen LogP contribution in [0.25, 0.3) is 0 Å². The summed E-state index contributed by atoms with van der Waals surface area (Å²) >= 11 is 6.16. The lowest BCUT2D eigenvalue weighted by Gasteiger charge is -2.40. The molecule has 1 aliphatic heterocycles. The van der Waals surface area contributed by atoms with E-state index in [0.717, 1.165) is 42.6 Å². The molecule has 0 unspecified atom stereocenters. The van der Waals surface area contributed by atoms with Crippen molar-refractivity contribution in [3.63, 3.8) is 0 Å². The van der Waals surface area contributed by atoms with Crippen molar-refractivity contribution < 1.29 is 0 Å². The predicted octanol–water partition coefficient (Wildman–Crippen LogP) is 4.44. The summed E-state index contributed by atoms with van der Waals surface area (Å²) in [5, 5.41) is 13.4. The van der Waals surface area contributed by atoms with Crippen molar-refractivity contribution in [2.45, 2.75) is 39.8 Å². The number of nitrogens with zero attached hydrogens (tertiary/aromatic N) is 6. The van der Waals surface area contributed by atoms with Crippen molar-refractivity contribution in [2.24, 2.45) is 0 Å². The Morgan fingerprint density at radius 2 is 1.63 bits per heavy atom. The van der Waals surface area contributed by atoms with Gasteiger partial charge in [-0.1, -0.05) is 35.9 Å². The second kappa shape index (κ2) is 8.74. The van der Waals surface area contributed by atoms with Crippen molar-refractivity contribution >= 4 is 17.3 Å². The van der Waals surface area contributed by atoms with E-state index in [1.807, 2.05) is 16.8 Å². The number of hydrogen-bond donors (Lipinski definition) is 0. The molecular weight excluding hydrogens is 396 g/mol. The predicted molar refractivity (Wildman–Crippen MR) is 121 cm³/mol. The van der Waals surface area contributed by atoms with Gasteiger partial charge in [-0.3, -0.25) is 4.90 Å². The molecule has 4 rings (SSSR count). The summed E-state index contributed by atoms with van der Waals surface area (Å²) in [4.78, 5) is 4.97. The van der Waals surface area contributed by atoms with E-state index >= 15 is 0 Å². The minimum absolute atomic E-state index is 0.000392. The third kappa shape index (κ3) is 4.20. The maximum Gasteiger partial charge on any atom is 0.173 e. The van der Waals surface area contributed by atoms with Crippen molar-refractivity contribution in [3.05, 3.63) is 70.0 Å². The highest BCUT2D eigenvalue weighted by Gasteiger charge is 2.31. The minimum atomic E-state index is 0.000392. The average molecular weight is 425 g/mol. The Balaban J connectivity index is 1.62. The first-order valence-electron chi connectivity index (χ1n) is 10.5. The number of rotatable bonds is 5. The second-order valence-corrected chi connectivity index (χ2v) is 8.78. The maximum absolute atomic E-state index is 6.16. The third-order valence-electron chi connectivity index (χ3n) is 5.82. The van der Waals surface area contributed by atoms with Gasteiger partial charge in [0.2, 0.25) is 0 Å². The Morgan fingerprint density at radius 1 is 0.933 bits per heavy atom. The zero-order valence-corrected chi connectivity index (χ0v) is 18.8. The molecule has 1 fully saturated rings. The van der Waals surface area contributed by atoms with Crippen molar-refractivity contribution in [2.75, 3.05) is 31.1 Å². The van der Waals surface area contributed by atoms with Gasteiger partial charge in [-0.15, -0.1) is 5.10 Å². The van der Waals surface area contributed by atoms with Crippen molar-refractivity contribution in [3.8, 4) is 0 Å². The molecule has 1 aromatic heterocycles. The maximum atomic E-state index is 6.16. The summed E-state index contributed by atoms with van der Waals surface area (Å²) < 4.78 is 1.93. The molecule has 0 radical (unpaired) electrons. The van der Waals surface area contributed by atoms with Crippen LogP contribution in [0.3, 0.4) is 0 Å². The van der Waals surface area contributed by atoms with Crippen LogP contribution in [-0.2, 0) is 0 Å². The molecule has 2 aromatic carbocycles. The summed E-state index contributed by atoms with van der Waals surface area (Å²) in [5.74, 6) is 0.882. The lowest BCUT2D eigenvalue weighted by Crippen LogP contribution is -2.48. The van der Waals surface area contributed by atoms with Gasteiger partial charge in [-0.25, -0.2) is 4.68 Å². The van der Waals surface area contributed by atoms with Gasteiger partial charge in [0.1, 0.15) is 0 Å². The second-order valence-electron chi connectivity index (χ2n) is 8.34. The number of hydrogen-bond acceptors (Lipinski definition) is 5. The quantitative estimate of drug-likeness (QED) is 0.606. The van der Waals surface area contributed by atoms with E-state index in [9.17, 15) is 0 Å². The first kappa shape index (κ1) is 20.8. The minimum Gasteiger partial charge on any atom is -0.369 e. The topological polar surface area (TPSA) is 50.1 Å². The smallest absolute Gasteiger partial charge is 0.173 e. The number of benzene rings is 2. The monoisotopic (exact) mass is 424 g/mol. The van der Waals surface area contributed by atoms with Crippen LogP contribution in [0.4, 0.5) is 5.69 Å². The molecule has 30 heavy (non-hydrogen) atoms. The molecule has 0 amide bonds. The molecule has 0 spiro atoms. The van der Waals surface area contributed by atoms with E-state index in [0.29, 0.717) is 0 Å². The molecule has 1 saturated heterocycles. The van der Waals surface area contributed by atoms with E-state index < -0.39 is 0 Å². The number of halogens is 1. The van der Waals surface area contributed by atoms with E-state index in [1.165, 1.54) is 16.8 Å². The van der Waals surface area contributed by atoms with Crippen LogP contribution in [0.5, 0.6) is 0 Å². The van der Waals surface area contributed by atoms with Gasteiger partial charge >= 0.3 is 0 Å². The SMILES string of the molecule is Cc1ccc(C)c(N2CCN([C@H](c3ccc(Cl)cc3)c3nnnn3C(C)C)CC2)c1. The van der Waals surface area contributed by atoms with Crippen LogP contribution in [0.1, 0.15) is 48.4 Å². The van der Waals surface area contributed by atoms with Crippen molar-refractivity contribution in [1.29, 1.82) is 0 Å². The van der Waals surface area contributed by atoms with Gasteiger partial charge in [0, 0.05) is 36.9 Å². The van der Waals surface area contributed by atoms with Crippen LogP contribution in [-0.4, -0.2) is 51.3 Å². The summed E-state index contributed by atoms with van der Waals surface area (Å²) in [5.41, 5.74) is 5.13. The third-order valence-corrected chi connectivity index (χ3v) is 6.07. The number of anilines is 1. The largest absolute Gasteiger partial charge is 0.369 e. The van der Waals surface area contributed by atoms with Gasteiger partial charge in [-0.05, 0) is 73.0 Å². The Bertz CT molecular complexity index is 989. The standard InChI is InChI=1S/C23H29ClN6/c1-16(2)30-23(25-26-27-30)22(19-7-9-20(24)10-8-19)29-13-11-28(12-14-29)21-15-17(3)5-6-18(21)4/h5-10,15-16,22H,11-14H2,1-4H3/t22-/m1/s1. The molecule has 0 saturated carbocycles. The molecule has 7 heteroatoms. The Kier molecular flexibility index (Phi) is 6.06. The lowest BCUT2D eigenvalue weighted by molar-refractivity contribution is 0.199. The summed E-state index contributed by atoms with van der Waals surface area (Å²) in [6, 6.07) is 14.9. The number of piperazine rings is 1. The van der Waals surface area contributed by atoms with Crippen LogP contribution in [0.2, 0.25) is 5.02 Å². The Labute approximate surface area is 183 Å². The van der Waals surface area contributed by atoms with Gasteiger partial charge in [0.15, 0.2) is 5.82 Å². The van der Waals surface area contributed by atoms with Gasteiger partial charge < -0.3 is 4.90 Å². The normalized spacial score (nSPS) is 16.3. The molecule has 0 bridgehead atoms. The fourth-order valence-electron chi connectivity index (χ4n) is 4.20. The lowest BCUT2D eigenvalue weighted by atomic mass is 10.0. The van der Waals surface area contributed by atoms with E-state index in [4.69, 9.17) is 11.6 Å². The molecule has 3 aromatic rings. The molecule has 1 aliphatic rings. The number of tetrazole rings is 1. The number of aryl methyl sites for hydroxylation is 2. The van der Waals surface area contributed by atoms with Gasteiger partial charge in [-0.2, -0.15) is 0 Å². The number of aromatic nitrogens is 4. The van der Waals surface area contributed by atoms with Gasteiger partial charge in [0.25, 0.3) is 0 Å². The fraction of sp³-hybridized carbons (Fsp3) is 0.435. The molecule has 0 N–H and O–H groups in total. The average Bonchev–Trinajstić information content (AvgIpc) is 3.22. The molecule has 0 aliphatic carbocycles. The van der Waals surface area contributed by atoms with E-state index in [1.54, 1.807) is 0 Å². The van der Waals surface area contributed by atoms with Crippen molar-refractivity contribution in [1.82, 2.24) is 25.1 Å². The van der Waals surface area contributed by atoms with E-state index in [2.05, 4.69) is 83.4 Å². The molecular formula is C23H29ClN6. The summed E-state index contributed by atoms with van der Waals surface area (Å²) in [6.45, 7) is 12.4. The first-order chi connectivity index (χ1) is 14.4. The molecule has 158 valence electrons.